The van der Waals surface area contributed by atoms with Crippen LogP contribution in [-0.4, -0.2) is 6.54 Å². The summed E-state index contributed by atoms with van der Waals surface area (Å²) < 4.78 is 0. The topological polar surface area (TPSA) is 26.0 Å². The highest BCUT2D eigenvalue weighted by Gasteiger charge is 1.57. The average molecular weight is 123 g/mol. The van der Waals surface area contributed by atoms with Gasteiger partial charge in [0, 0.05) is 0 Å². The molecule has 0 aliphatic carbocycles. The first kappa shape index (κ1) is 8.18. The van der Waals surface area contributed by atoms with Crippen LogP contribution >= 0.6 is 0 Å². The lowest BCUT2D eigenvalue weighted by Gasteiger charge is -1.69. The van der Waals surface area contributed by atoms with E-state index in [-0.39, 0.29) is 0 Å². The Bertz CT molecular complexity index is 87.4. The molecule has 1 aromatic carbocycles. The quantitative estimate of drug-likeness (QED) is 0.557. The lowest BCUT2D eigenvalue weighted by molar-refractivity contribution is 1.14. The molecule has 0 saturated heterocycles. The number of benzene rings is 1. The Morgan fingerprint density at radius 1 is 0.889 bits per heavy atom. The Kier molecular flexibility index (Phi) is 6.53. The molecule has 0 unspecified atom stereocenters. The third-order valence-corrected chi connectivity index (χ3v) is 0.667. The minimum absolute atomic E-state index is 0.750. The van der Waals surface area contributed by atoms with Crippen LogP contribution in [0.15, 0.2) is 36.4 Å². The standard InChI is InChI=1S/C6H6.C2H7N/c1-2-4-6-5-3-1;1-2-3/h1-6H;2-3H2,1H3. The highest BCUT2D eigenvalue weighted by atomic mass is 14.5. The zero-order valence-corrected chi connectivity index (χ0v) is 5.75. The fourth-order valence-electron chi connectivity index (χ4n) is 0.385. The van der Waals surface area contributed by atoms with Crippen molar-refractivity contribution in [3.05, 3.63) is 36.4 Å². The van der Waals surface area contributed by atoms with Crippen molar-refractivity contribution in [3.8, 4) is 0 Å². The molecule has 0 heterocycles. The molecular weight excluding hydrogens is 110 g/mol. The molecule has 9 heavy (non-hydrogen) atoms. The van der Waals surface area contributed by atoms with Gasteiger partial charge >= 0.3 is 0 Å². The first-order valence-corrected chi connectivity index (χ1v) is 3.12. The van der Waals surface area contributed by atoms with Crippen LogP contribution in [0.1, 0.15) is 6.92 Å². The van der Waals surface area contributed by atoms with Crippen LogP contribution in [0.3, 0.4) is 0 Å². The third-order valence-electron chi connectivity index (χ3n) is 0.667. The van der Waals surface area contributed by atoms with E-state index in [1.54, 1.807) is 0 Å². The first-order chi connectivity index (χ1) is 4.41. The summed E-state index contributed by atoms with van der Waals surface area (Å²) in [5, 5.41) is 0. The fourth-order valence-corrected chi connectivity index (χ4v) is 0.385. The minimum Gasteiger partial charge on any atom is -0.331 e. The maximum atomic E-state index is 4.85. The van der Waals surface area contributed by atoms with E-state index >= 15 is 0 Å². The molecule has 0 aliphatic rings. The molecule has 1 aromatic rings. The molecule has 0 spiro atoms. The van der Waals surface area contributed by atoms with Crippen molar-refractivity contribution >= 4 is 0 Å². The van der Waals surface area contributed by atoms with Gasteiger partial charge < -0.3 is 5.73 Å². The van der Waals surface area contributed by atoms with Crippen LogP contribution in [0, 0.1) is 0 Å². The van der Waals surface area contributed by atoms with E-state index in [0.717, 1.165) is 6.54 Å². The molecule has 50 valence electrons. The van der Waals surface area contributed by atoms with Crippen molar-refractivity contribution in [1.29, 1.82) is 0 Å². The number of rotatable bonds is 0. The Morgan fingerprint density at radius 2 is 1.00 bits per heavy atom. The van der Waals surface area contributed by atoms with Crippen molar-refractivity contribution in [2.24, 2.45) is 5.73 Å². The van der Waals surface area contributed by atoms with Crippen LogP contribution in [0.25, 0.3) is 0 Å². The molecule has 0 bridgehead atoms. The molecule has 1 nitrogen and oxygen atoms in total. The van der Waals surface area contributed by atoms with Crippen molar-refractivity contribution < 1.29 is 0 Å². The van der Waals surface area contributed by atoms with Gasteiger partial charge in [0.2, 0.25) is 0 Å². The summed E-state index contributed by atoms with van der Waals surface area (Å²) in [6.07, 6.45) is 0. The summed E-state index contributed by atoms with van der Waals surface area (Å²) in [5.41, 5.74) is 4.85. The van der Waals surface area contributed by atoms with Crippen LogP contribution < -0.4 is 5.73 Å². The van der Waals surface area contributed by atoms with Crippen molar-refractivity contribution in [2.75, 3.05) is 6.54 Å². The second kappa shape index (κ2) is 7.18. The Morgan fingerprint density at radius 3 is 1.11 bits per heavy atom. The molecular formula is C8H13N. The van der Waals surface area contributed by atoms with Crippen LogP contribution in [0.5, 0.6) is 0 Å². The number of nitrogens with two attached hydrogens (primary N) is 1. The van der Waals surface area contributed by atoms with Crippen LogP contribution in [0.2, 0.25) is 0 Å². The highest BCUT2D eigenvalue weighted by Crippen LogP contribution is 1.79. The summed E-state index contributed by atoms with van der Waals surface area (Å²) in [4.78, 5) is 0. The number of hydrogen-bond donors (Lipinski definition) is 1. The van der Waals surface area contributed by atoms with Crippen molar-refractivity contribution in [1.82, 2.24) is 0 Å². The summed E-state index contributed by atoms with van der Waals surface area (Å²) in [5.74, 6) is 0. The van der Waals surface area contributed by atoms with E-state index in [4.69, 9.17) is 5.73 Å². The molecule has 2 N–H and O–H groups in total. The summed E-state index contributed by atoms with van der Waals surface area (Å²) in [6, 6.07) is 12.0. The minimum atomic E-state index is 0.750. The lowest BCUT2D eigenvalue weighted by Crippen LogP contribution is -1.87. The third kappa shape index (κ3) is 7.18. The van der Waals surface area contributed by atoms with Crippen molar-refractivity contribution in [3.63, 3.8) is 0 Å². The molecule has 0 fully saturated rings. The van der Waals surface area contributed by atoms with Gasteiger partial charge in [-0.25, -0.2) is 0 Å². The Labute approximate surface area is 56.5 Å². The van der Waals surface area contributed by atoms with Gasteiger partial charge in [-0.3, -0.25) is 0 Å². The molecule has 0 aromatic heterocycles. The van der Waals surface area contributed by atoms with Gasteiger partial charge in [-0.05, 0) is 6.54 Å². The summed E-state index contributed by atoms with van der Waals surface area (Å²) >= 11 is 0. The van der Waals surface area contributed by atoms with Gasteiger partial charge in [-0.1, -0.05) is 43.3 Å². The van der Waals surface area contributed by atoms with Gasteiger partial charge in [0.15, 0.2) is 0 Å². The molecule has 1 rings (SSSR count). The lowest BCUT2D eigenvalue weighted by atomic mass is 10.4. The normalized spacial score (nSPS) is 7.33. The average Bonchev–Trinajstić information content (AvgIpc) is 1.93. The molecule has 0 saturated carbocycles. The van der Waals surface area contributed by atoms with E-state index in [2.05, 4.69) is 0 Å². The van der Waals surface area contributed by atoms with Crippen LogP contribution in [0.4, 0.5) is 0 Å². The summed E-state index contributed by atoms with van der Waals surface area (Å²) in [6.45, 7) is 2.65. The predicted octanol–water partition coefficient (Wildman–Crippen LogP) is 1.65. The smallest absolute Gasteiger partial charge is 0.0106 e. The SMILES string of the molecule is CCN.c1ccccc1. The van der Waals surface area contributed by atoms with E-state index < -0.39 is 0 Å². The molecule has 0 radical (unpaired) electrons. The zero-order chi connectivity index (χ0) is 6.95. The van der Waals surface area contributed by atoms with Gasteiger partial charge in [-0.15, -0.1) is 0 Å². The molecule has 0 aliphatic heterocycles. The van der Waals surface area contributed by atoms with Gasteiger partial charge in [0.05, 0.1) is 0 Å². The van der Waals surface area contributed by atoms with E-state index in [0.29, 0.717) is 0 Å². The largest absolute Gasteiger partial charge is 0.331 e. The van der Waals surface area contributed by atoms with Gasteiger partial charge in [-0.2, -0.15) is 0 Å². The van der Waals surface area contributed by atoms with Gasteiger partial charge in [0.1, 0.15) is 0 Å². The summed E-state index contributed by atoms with van der Waals surface area (Å²) in [7, 11) is 0. The molecule has 0 amide bonds. The highest BCUT2D eigenvalue weighted by molar-refractivity contribution is 4.99. The van der Waals surface area contributed by atoms with Gasteiger partial charge in [0.25, 0.3) is 0 Å². The van der Waals surface area contributed by atoms with Crippen LogP contribution in [-0.2, 0) is 0 Å². The predicted molar refractivity (Wildman–Crippen MR) is 41.2 cm³/mol. The fraction of sp³-hybridized carbons (Fsp3) is 0.250. The molecule has 0 atom stereocenters. The van der Waals surface area contributed by atoms with E-state index in [1.165, 1.54) is 0 Å². The van der Waals surface area contributed by atoms with E-state index in [1.807, 2.05) is 43.3 Å². The zero-order valence-electron chi connectivity index (χ0n) is 5.75. The number of hydrogen-bond acceptors (Lipinski definition) is 1. The Hall–Kier alpha value is -0.820. The maximum absolute atomic E-state index is 4.85. The Balaban J connectivity index is 0.000000187. The monoisotopic (exact) mass is 123 g/mol. The maximum Gasteiger partial charge on any atom is -0.0106 e. The van der Waals surface area contributed by atoms with Crippen molar-refractivity contribution in [2.45, 2.75) is 6.92 Å². The first-order valence-electron chi connectivity index (χ1n) is 3.12. The molecule has 1 heteroatoms. The van der Waals surface area contributed by atoms with E-state index in [9.17, 15) is 0 Å². The second-order valence-electron chi connectivity index (χ2n) is 1.56. The second-order valence-corrected chi connectivity index (χ2v) is 1.56.